The number of aromatic nitrogens is 1. The highest BCUT2D eigenvalue weighted by Gasteiger charge is 2.39. The fraction of sp³-hybridized carbons (Fsp3) is 0.227. The SMILES string of the molecule is COC(=O)Cn1c2c(sc1=O)[C@@H](c1ccc3c(c1)OCO3)CC(=O)N2c1ccc(F)cc1. The number of esters is 1. The van der Waals surface area contributed by atoms with Crippen molar-refractivity contribution in [2.24, 2.45) is 0 Å². The van der Waals surface area contributed by atoms with Crippen LogP contribution in [0, 0.1) is 5.82 Å². The normalized spacial score (nSPS) is 16.8. The van der Waals surface area contributed by atoms with Crippen molar-refractivity contribution in [3.63, 3.8) is 0 Å². The average molecular weight is 456 g/mol. The summed E-state index contributed by atoms with van der Waals surface area (Å²) in [7, 11) is 1.23. The van der Waals surface area contributed by atoms with Gasteiger partial charge in [0.1, 0.15) is 18.2 Å². The van der Waals surface area contributed by atoms with Gasteiger partial charge in [0.05, 0.1) is 17.7 Å². The van der Waals surface area contributed by atoms with Gasteiger partial charge in [-0.3, -0.25) is 23.9 Å². The van der Waals surface area contributed by atoms with Crippen LogP contribution in [0.1, 0.15) is 22.8 Å². The minimum absolute atomic E-state index is 0.0855. The molecule has 0 aliphatic carbocycles. The van der Waals surface area contributed by atoms with Gasteiger partial charge in [0.2, 0.25) is 12.7 Å². The third kappa shape index (κ3) is 3.32. The lowest BCUT2D eigenvalue weighted by Crippen LogP contribution is -2.36. The van der Waals surface area contributed by atoms with E-state index in [1.807, 2.05) is 6.07 Å². The molecule has 2 aromatic carbocycles. The van der Waals surface area contributed by atoms with Crippen LogP contribution < -0.4 is 19.2 Å². The number of anilines is 2. The van der Waals surface area contributed by atoms with Crippen molar-refractivity contribution < 1.29 is 28.2 Å². The third-order valence-corrected chi connectivity index (χ3v) is 6.53. The number of halogens is 1. The van der Waals surface area contributed by atoms with Crippen LogP contribution in [0.15, 0.2) is 47.3 Å². The number of benzene rings is 2. The lowest BCUT2D eigenvalue weighted by Gasteiger charge is -2.32. The van der Waals surface area contributed by atoms with Crippen LogP contribution in [-0.2, 0) is 20.9 Å². The number of hydrogen-bond donors (Lipinski definition) is 0. The Morgan fingerprint density at radius 3 is 2.66 bits per heavy atom. The molecule has 3 aromatic rings. The molecular formula is C22H17FN2O6S. The van der Waals surface area contributed by atoms with Gasteiger partial charge in [0.15, 0.2) is 11.5 Å². The van der Waals surface area contributed by atoms with Crippen molar-refractivity contribution in [2.75, 3.05) is 18.8 Å². The molecule has 2 aliphatic heterocycles. The molecule has 3 heterocycles. The van der Waals surface area contributed by atoms with Gasteiger partial charge < -0.3 is 14.2 Å². The Bertz CT molecular complexity index is 1280. The lowest BCUT2D eigenvalue weighted by molar-refractivity contribution is -0.141. The van der Waals surface area contributed by atoms with Gasteiger partial charge in [0, 0.05) is 12.3 Å². The highest BCUT2D eigenvalue weighted by Crippen LogP contribution is 2.46. The highest BCUT2D eigenvalue weighted by molar-refractivity contribution is 7.10. The second kappa shape index (κ2) is 7.79. The van der Waals surface area contributed by atoms with Gasteiger partial charge in [-0.1, -0.05) is 17.4 Å². The second-order valence-electron chi connectivity index (χ2n) is 7.29. The maximum Gasteiger partial charge on any atom is 0.325 e. The summed E-state index contributed by atoms with van der Waals surface area (Å²) in [4.78, 5) is 39.8. The molecule has 1 amide bonds. The van der Waals surface area contributed by atoms with Gasteiger partial charge in [-0.2, -0.15) is 0 Å². The number of methoxy groups -OCH3 is 1. The number of fused-ring (bicyclic) bond motifs is 2. The minimum atomic E-state index is -0.621. The zero-order valence-corrected chi connectivity index (χ0v) is 17.7. The molecule has 0 unspecified atom stereocenters. The van der Waals surface area contributed by atoms with Gasteiger partial charge in [-0.25, -0.2) is 4.39 Å². The Morgan fingerprint density at radius 2 is 1.91 bits per heavy atom. The Kier molecular flexibility index (Phi) is 4.93. The topological polar surface area (TPSA) is 87.1 Å². The van der Waals surface area contributed by atoms with E-state index in [0.29, 0.717) is 22.1 Å². The summed E-state index contributed by atoms with van der Waals surface area (Å²) in [5.41, 5.74) is 1.19. The summed E-state index contributed by atoms with van der Waals surface area (Å²) in [6, 6.07) is 10.8. The maximum absolute atomic E-state index is 13.5. The fourth-order valence-corrected chi connectivity index (χ4v) is 5.04. The predicted octanol–water partition coefficient (Wildman–Crippen LogP) is 3.15. The first kappa shape index (κ1) is 20.3. The zero-order valence-electron chi connectivity index (χ0n) is 16.9. The van der Waals surface area contributed by atoms with E-state index in [-0.39, 0.29) is 31.5 Å². The summed E-state index contributed by atoms with van der Waals surface area (Å²) < 4.78 is 30.3. The Hall–Kier alpha value is -3.66. The average Bonchev–Trinajstić information content (AvgIpc) is 3.38. The van der Waals surface area contributed by atoms with Crippen LogP contribution >= 0.6 is 11.3 Å². The molecule has 8 nitrogen and oxygen atoms in total. The number of carbonyl (C=O) groups excluding carboxylic acids is 2. The number of hydrogen-bond acceptors (Lipinski definition) is 7. The van der Waals surface area contributed by atoms with E-state index in [1.54, 1.807) is 12.1 Å². The summed E-state index contributed by atoms with van der Waals surface area (Å²) in [5, 5.41) is 0. The Morgan fingerprint density at radius 1 is 1.16 bits per heavy atom. The van der Waals surface area contributed by atoms with Gasteiger partial charge in [0.25, 0.3) is 0 Å². The van der Waals surface area contributed by atoms with Crippen molar-refractivity contribution in [2.45, 2.75) is 18.9 Å². The molecule has 0 N–H and O–H groups in total. The van der Waals surface area contributed by atoms with Crippen molar-refractivity contribution in [3.8, 4) is 11.5 Å². The second-order valence-corrected chi connectivity index (χ2v) is 8.29. The van der Waals surface area contributed by atoms with Crippen molar-refractivity contribution in [1.82, 2.24) is 4.57 Å². The molecule has 32 heavy (non-hydrogen) atoms. The van der Waals surface area contributed by atoms with E-state index in [2.05, 4.69) is 0 Å². The fourth-order valence-electron chi connectivity index (χ4n) is 3.94. The van der Waals surface area contributed by atoms with E-state index in [1.165, 1.54) is 40.8 Å². The molecule has 0 saturated heterocycles. The van der Waals surface area contributed by atoms with Crippen molar-refractivity contribution >= 4 is 34.7 Å². The molecular weight excluding hydrogens is 439 g/mol. The van der Waals surface area contributed by atoms with E-state index in [0.717, 1.165) is 16.9 Å². The number of thiazole rings is 1. The first-order chi connectivity index (χ1) is 15.5. The molecule has 0 fully saturated rings. The molecule has 0 saturated carbocycles. The monoisotopic (exact) mass is 456 g/mol. The smallest absolute Gasteiger partial charge is 0.325 e. The number of ether oxygens (including phenoxy) is 3. The van der Waals surface area contributed by atoms with Crippen LogP contribution in [0.5, 0.6) is 11.5 Å². The predicted molar refractivity (Wildman–Crippen MR) is 113 cm³/mol. The first-order valence-corrected chi connectivity index (χ1v) is 10.6. The van der Waals surface area contributed by atoms with E-state index >= 15 is 0 Å². The van der Waals surface area contributed by atoms with Crippen LogP contribution in [0.2, 0.25) is 0 Å². The highest BCUT2D eigenvalue weighted by atomic mass is 32.1. The van der Waals surface area contributed by atoms with Crippen LogP contribution in [-0.4, -0.2) is 30.3 Å². The molecule has 1 aromatic heterocycles. The van der Waals surface area contributed by atoms with Crippen LogP contribution in [0.3, 0.4) is 0 Å². The molecule has 164 valence electrons. The van der Waals surface area contributed by atoms with Gasteiger partial charge >= 0.3 is 10.8 Å². The number of rotatable bonds is 4. The Labute approximate surface area is 185 Å². The molecule has 1 atom stereocenters. The van der Waals surface area contributed by atoms with Crippen molar-refractivity contribution in [3.05, 3.63) is 68.4 Å². The van der Waals surface area contributed by atoms with Gasteiger partial charge in [-0.15, -0.1) is 0 Å². The quantitative estimate of drug-likeness (QED) is 0.561. The molecule has 2 aliphatic rings. The van der Waals surface area contributed by atoms with E-state index < -0.39 is 22.6 Å². The lowest BCUT2D eigenvalue weighted by atomic mass is 9.90. The summed E-state index contributed by atoms with van der Waals surface area (Å²) in [6.07, 6.45) is 0.0855. The third-order valence-electron chi connectivity index (χ3n) is 5.45. The van der Waals surface area contributed by atoms with Crippen LogP contribution in [0.25, 0.3) is 0 Å². The molecule has 10 heteroatoms. The molecule has 5 rings (SSSR count). The molecule has 0 spiro atoms. The number of nitrogens with zero attached hydrogens (tertiary/aromatic N) is 2. The largest absolute Gasteiger partial charge is 0.468 e. The van der Waals surface area contributed by atoms with Gasteiger partial charge in [-0.05, 0) is 42.0 Å². The number of carbonyl (C=O) groups is 2. The van der Waals surface area contributed by atoms with E-state index in [9.17, 15) is 18.8 Å². The first-order valence-electron chi connectivity index (χ1n) is 9.74. The Balaban J connectivity index is 1.67. The van der Waals surface area contributed by atoms with E-state index in [4.69, 9.17) is 14.2 Å². The standard InChI is InChI=1S/C22H17FN2O6S/c1-29-19(27)10-24-21-20(32-22(24)28)15(12-2-7-16-17(8-12)31-11-30-16)9-18(26)25(21)14-5-3-13(23)4-6-14/h2-8,15H,9-11H2,1H3/t15-/m1/s1. The molecule has 0 radical (unpaired) electrons. The zero-order chi connectivity index (χ0) is 22.4. The van der Waals surface area contributed by atoms with Crippen LogP contribution in [0.4, 0.5) is 15.9 Å². The summed E-state index contributed by atoms with van der Waals surface area (Å²) in [6.45, 7) is -0.227. The molecule has 0 bridgehead atoms. The minimum Gasteiger partial charge on any atom is -0.468 e. The summed E-state index contributed by atoms with van der Waals surface area (Å²) >= 11 is 0.969. The maximum atomic E-state index is 13.5. The van der Waals surface area contributed by atoms with Crippen molar-refractivity contribution in [1.29, 1.82) is 0 Å². The summed E-state index contributed by atoms with van der Waals surface area (Å²) in [5.74, 6) is -0.308. The number of amides is 1.